The fourth-order valence-corrected chi connectivity index (χ4v) is 4.08. The Bertz CT molecular complexity index is 607. The van der Waals surface area contributed by atoms with E-state index in [-0.39, 0.29) is 5.91 Å². The number of nitrogens with one attached hydrogen (secondary N) is 1. The van der Waals surface area contributed by atoms with Crippen molar-refractivity contribution in [3.05, 3.63) is 11.1 Å². The number of guanidine groups is 1. The first kappa shape index (κ1) is 21.5. The molecule has 0 atom stereocenters. The molecule has 152 valence electrons. The van der Waals surface area contributed by atoms with Crippen molar-refractivity contribution < 1.29 is 4.79 Å². The van der Waals surface area contributed by atoms with Gasteiger partial charge in [0, 0.05) is 58.1 Å². The molecule has 0 aliphatic carbocycles. The summed E-state index contributed by atoms with van der Waals surface area (Å²) in [6, 6.07) is 0. The molecule has 2 heterocycles. The van der Waals surface area contributed by atoms with Gasteiger partial charge in [0.25, 0.3) is 0 Å². The Morgan fingerprint density at radius 1 is 1.30 bits per heavy atom. The summed E-state index contributed by atoms with van der Waals surface area (Å²) < 4.78 is 0. The maximum atomic E-state index is 12.3. The highest BCUT2D eigenvalue weighted by Gasteiger charge is 2.16. The predicted molar refractivity (Wildman–Crippen MR) is 114 cm³/mol. The Balaban J connectivity index is 1.89. The zero-order valence-electron chi connectivity index (χ0n) is 17.2. The smallest absolute Gasteiger partial charge is 0.242 e. The molecule has 0 saturated carbocycles. The molecule has 0 spiro atoms. The van der Waals surface area contributed by atoms with Gasteiger partial charge in [-0.05, 0) is 33.6 Å². The lowest BCUT2D eigenvalue weighted by atomic mass is 10.3. The van der Waals surface area contributed by atoms with Gasteiger partial charge in [0.2, 0.25) is 5.91 Å². The van der Waals surface area contributed by atoms with E-state index in [9.17, 15) is 4.79 Å². The number of hydrogen-bond acceptors (Lipinski definition) is 5. The van der Waals surface area contributed by atoms with Crippen LogP contribution in [0.25, 0.3) is 0 Å². The third-order valence-electron chi connectivity index (χ3n) is 4.73. The van der Waals surface area contributed by atoms with Crippen LogP contribution in [0.15, 0.2) is 10.4 Å². The largest absolute Gasteiger partial charge is 0.357 e. The summed E-state index contributed by atoms with van der Waals surface area (Å²) in [4.78, 5) is 27.9. The highest BCUT2D eigenvalue weighted by atomic mass is 32.1. The first-order chi connectivity index (χ1) is 13.1. The van der Waals surface area contributed by atoms with Gasteiger partial charge in [0.05, 0.1) is 12.2 Å². The summed E-state index contributed by atoms with van der Waals surface area (Å²) in [5.74, 6) is 0.899. The van der Waals surface area contributed by atoms with E-state index in [1.165, 1.54) is 12.8 Å². The average Bonchev–Trinajstić information content (AvgIpc) is 3.33. The van der Waals surface area contributed by atoms with Gasteiger partial charge in [-0.1, -0.05) is 0 Å². The van der Waals surface area contributed by atoms with Crippen molar-refractivity contribution >= 4 is 28.3 Å². The second-order valence-electron chi connectivity index (χ2n) is 6.72. The molecule has 2 rings (SSSR count). The summed E-state index contributed by atoms with van der Waals surface area (Å²) in [7, 11) is 1.91. The Morgan fingerprint density at radius 3 is 2.63 bits per heavy atom. The number of carbonyl (C=O) groups is 1. The van der Waals surface area contributed by atoms with Crippen LogP contribution >= 0.6 is 11.3 Å². The van der Waals surface area contributed by atoms with Crippen molar-refractivity contribution in [2.75, 3.05) is 57.8 Å². The molecule has 1 aliphatic rings. The molecular formula is C19H34N6OS. The van der Waals surface area contributed by atoms with E-state index < -0.39 is 0 Å². The number of aromatic nitrogens is 1. The molecule has 1 saturated heterocycles. The molecule has 1 N–H and O–H groups in total. The van der Waals surface area contributed by atoms with Crippen molar-refractivity contribution in [1.29, 1.82) is 0 Å². The second kappa shape index (κ2) is 11.1. The molecular weight excluding hydrogens is 360 g/mol. The van der Waals surface area contributed by atoms with E-state index in [0.717, 1.165) is 55.9 Å². The highest BCUT2D eigenvalue weighted by Crippen LogP contribution is 2.24. The van der Waals surface area contributed by atoms with Crippen LogP contribution in [0.4, 0.5) is 5.13 Å². The van der Waals surface area contributed by atoms with E-state index in [1.807, 2.05) is 37.6 Å². The van der Waals surface area contributed by atoms with Crippen molar-refractivity contribution in [2.45, 2.75) is 40.0 Å². The minimum Gasteiger partial charge on any atom is -0.357 e. The Labute approximate surface area is 167 Å². The zero-order valence-corrected chi connectivity index (χ0v) is 18.0. The van der Waals surface area contributed by atoms with Gasteiger partial charge >= 0.3 is 0 Å². The third-order valence-corrected chi connectivity index (χ3v) is 5.68. The predicted octanol–water partition coefficient (Wildman–Crippen LogP) is 2.05. The van der Waals surface area contributed by atoms with Crippen LogP contribution in [-0.2, 0) is 11.2 Å². The number of hydrogen-bond donors (Lipinski definition) is 1. The average molecular weight is 395 g/mol. The molecule has 8 heteroatoms. The zero-order chi connectivity index (χ0) is 19.6. The van der Waals surface area contributed by atoms with E-state index in [0.29, 0.717) is 13.1 Å². The summed E-state index contributed by atoms with van der Waals surface area (Å²) >= 11 is 1.73. The number of nitrogens with zero attached hydrogens (tertiary/aromatic N) is 5. The lowest BCUT2D eigenvalue weighted by molar-refractivity contribution is -0.131. The van der Waals surface area contributed by atoms with E-state index in [2.05, 4.69) is 15.6 Å². The highest BCUT2D eigenvalue weighted by molar-refractivity contribution is 7.13. The standard InChI is InChI=1S/C19H34N6OS/c1-5-20-18(23(4)14-17(26)24(6-2)7-3)21-11-10-16-15-27-19(22-16)25-12-8-9-13-25/h15H,5-14H2,1-4H3,(H,20,21). The maximum absolute atomic E-state index is 12.3. The molecule has 0 unspecified atom stereocenters. The van der Waals surface area contributed by atoms with Crippen molar-refractivity contribution in [1.82, 2.24) is 20.1 Å². The van der Waals surface area contributed by atoms with Crippen LogP contribution in [0.5, 0.6) is 0 Å². The Morgan fingerprint density at radius 2 is 2.00 bits per heavy atom. The Kier molecular flexibility index (Phi) is 8.84. The number of anilines is 1. The van der Waals surface area contributed by atoms with E-state index in [1.54, 1.807) is 11.3 Å². The summed E-state index contributed by atoms with van der Waals surface area (Å²) in [5.41, 5.74) is 1.10. The van der Waals surface area contributed by atoms with E-state index in [4.69, 9.17) is 9.98 Å². The Hall–Kier alpha value is -1.83. The fourth-order valence-electron chi connectivity index (χ4n) is 3.16. The molecule has 27 heavy (non-hydrogen) atoms. The quantitative estimate of drug-likeness (QED) is 0.513. The number of likely N-dealkylation sites (N-methyl/N-ethyl adjacent to an activating group) is 2. The topological polar surface area (TPSA) is 64.1 Å². The molecule has 0 bridgehead atoms. The van der Waals surface area contributed by atoms with Crippen molar-refractivity contribution in [2.24, 2.45) is 4.99 Å². The number of carbonyl (C=O) groups excluding carboxylic acids is 1. The van der Waals surface area contributed by atoms with Gasteiger partial charge in [-0.25, -0.2) is 4.98 Å². The van der Waals surface area contributed by atoms with Crippen LogP contribution in [0, 0.1) is 0 Å². The monoisotopic (exact) mass is 394 g/mol. The minimum absolute atomic E-state index is 0.128. The minimum atomic E-state index is 0.128. The van der Waals surface area contributed by atoms with Crippen LogP contribution in [0.3, 0.4) is 0 Å². The van der Waals surface area contributed by atoms with Crippen LogP contribution in [0.1, 0.15) is 39.3 Å². The molecule has 1 aliphatic heterocycles. The van der Waals surface area contributed by atoms with Crippen LogP contribution in [-0.4, -0.2) is 79.5 Å². The second-order valence-corrected chi connectivity index (χ2v) is 7.56. The van der Waals surface area contributed by atoms with Crippen LogP contribution < -0.4 is 10.2 Å². The number of aliphatic imine (C=N–C) groups is 1. The number of amides is 1. The molecule has 1 fully saturated rings. The van der Waals surface area contributed by atoms with E-state index >= 15 is 0 Å². The molecule has 1 aromatic rings. The lowest BCUT2D eigenvalue weighted by Gasteiger charge is -2.25. The van der Waals surface area contributed by atoms with Gasteiger partial charge in [-0.3, -0.25) is 9.79 Å². The first-order valence-corrected chi connectivity index (χ1v) is 10.9. The molecule has 0 radical (unpaired) electrons. The molecule has 1 amide bonds. The van der Waals surface area contributed by atoms with Gasteiger partial charge in [-0.15, -0.1) is 11.3 Å². The van der Waals surface area contributed by atoms with Crippen LogP contribution in [0.2, 0.25) is 0 Å². The summed E-state index contributed by atoms with van der Waals surface area (Å²) in [6.07, 6.45) is 3.35. The van der Waals surface area contributed by atoms with Gasteiger partial charge < -0.3 is 20.0 Å². The normalized spacial score (nSPS) is 14.5. The number of rotatable bonds is 9. The summed E-state index contributed by atoms with van der Waals surface area (Å²) in [5, 5.41) is 6.56. The van der Waals surface area contributed by atoms with Gasteiger partial charge in [-0.2, -0.15) is 0 Å². The van der Waals surface area contributed by atoms with Gasteiger partial charge in [0.1, 0.15) is 0 Å². The number of thiazole rings is 1. The lowest BCUT2D eigenvalue weighted by Crippen LogP contribution is -2.45. The molecule has 7 nitrogen and oxygen atoms in total. The molecule has 1 aromatic heterocycles. The fraction of sp³-hybridized carbons (Fsp3) is 0.737. The maximum Gasteiger partial charge on any atom is 0.242 e. The van der Waals surface area contributed by atoms with Gasteiger partial charge in [0.15, 0.2) is 11.1 Å². The summed E-state index contributed by atoms with van der Waals surface area (Å²) in [6.45, 7) is 11.5. The first-order valence-electron chi connectivity index (χ1n) is 10.1. The molecule has 0 aromatic carbocycles. The third kappa shape index (κ3) is 6.37. The van der Waals surface area contributed by atoms with Crippen molar-refractivity contribution in [3.63, 3.8) is 0 Å². The SMILES string of the molecule is CCNC(=NCCc1csc(N2CCCC2)n1)N(C)CC(=O)N(CC)CC. The van der Waals surface area contributed by atoms with Crippen molar-refractivity contribution in [3.8, 4) is 0 Å².